The minimum atomic E-state index is -5.11. The van der Waals surface area contributed by atoms with Crippen LogP contribution in [-0.4, -0.2) is 107 Å². The molecule has 1 saturated heterocycles. The van der Waals surface area contributed by atoms with Gasteiger partial charge in [0.25, 0.3) is 0 Å². The van der Waals surface area contributed by atoms with Crippen molar-refractivity contribution < 1.29 is 57.0 Å². The summed E-state index contributed by atoms with van der Waals surface area (Å²) in [4.78, 5) is 13.2. The molecule has 0 aromatic carbocycles. The molecule has 8 unspecified atom stereocenters. The second kappa shape index (κ2) is 42.0. The van der Waals surface area contributed by atoms with Crippen molar-refractivity contribution in [1.82, 2.24) is 5.32 Å². The van der Waals surface area contributed by atoms with Crippen molar-refractivity contribution in [3.63, 3.8) is 0 Å². The maximum atomic E-state index is 13.2. The van der Waals surface area contributed by atoms with E-state index in [-0.39, 0.29) is 6.42 Å². The predicted octanol–water partition coefficient (Wildman–Crippen LogP) is 10.7. The highest BCUT2D eigenvalue weighted by Gasteiger charge is 2.48. The van der Waals surface area contributed by atoms with Crippen molar-refractivity contribution in [2.75, 3.05) is 13.2 Å². The van der Waals surface area contributed by atoms with Gasteiger partial charge in [-0.15, -0.1) is 0 Å². The van der Waals surface area contributed by atoms with Gasteiger partial charge in [0.1, 0.15) is 30.5 Å². The Kier molecular flexibility index (Phi) is 40.1. The fourth-order valence-corrected chi connectivity index (χ4v) is 9.51. The summed E-state index contributed by atoms with van der Waals surface area (Å²) in [7, 11) is -5.11. The highest BCUT2D eigenvalue weighted by Crippen LogP contribution is 2.26. The van der Waals surface area contributed by atoms with Crippen LogP contribution in [0.3, 0.4) is 0 Å². The van der Waals surface area contributed by atoms with Gasteiger partial charge < -0.3 is 40.3 Å². The molecule has 8 atom stereocenters. The van der Waals surface area contributed by atoms with Crippen LogP contribution < -0.4 is 5.32 Å². The normalized spacial score (nSPS) is 20.5. The highest BCUT2D eigenvalue weighted by molar-refractivity contribution is 7.80. The van der Waals surface area contributed by atoms with Gasteiger partial charge in [0.15, 0.2) is 6.29 Å². The van der Waals surface area contributed by atoms with Crippen LogP contribution in [-0.2, 0) is 28.9 Å². The fraction of sp³-hybridized carbons (Fsp3) is 0.980. The highest BCUT2D eigenvalue weighted by atomic mass is 32.3. The van der Waals surface area contributed by atoms with E-state index in [0.29, 0.717) is 19.3 Å². The van der Waals surface area contributed by atoms with Crippen LogP contribution in [0.15, 0.2) is 0 Å². The topological polar surface area (TPSA) is 212 Å². The van der Waals surface area contributed by atoms with Gasteiger partial charge >= 0.3 is 10.4 Å². The first-order valence-electron chi connectivity index (χ1n) is 27.0. The van der Waals surface area contributed by atoms with Crippen LogP contribution in [0.4, 0.5) is 0 Å². The average molecular weight is 952 g/mol. The number of carbonyl (C=O) groups is 1. The lowest BCUT2D eigenvalue weighted by Gasteiger charge is -2.41. The Balaban J connectivity index is 2.45. The Morgan fingerprint density at radius 1 is 0.554 bits per heavy atom. The smallest absolute Gasteiger partial charge is 0.394 e. The molecule has 7 N–H and O–H groups in total. The molecule has 1 fully saturated rings. The number of nitrogens with one attached hydrogen (secondary N) is 1. The number of hydrogen-bond donors (Lipinski definition) is 7. The maximum Gasteiger partial charge on any atom is 0.397 e. The molecule has 1 amide bonds. The lowest BCUT2D eigenvalue weighted by molar-refractivity contribution is -0.298. The number of carbonyl (C=O) groups excluding carboxylic acids is 1. The third-order valence-electron chi connectivity index (χ3n) is 13.3. The molecule has 0 bridgehead atoms. The van der Waals surface area contributed by atoms with Gasteiger partial charge in [-0.25, -0.2) is 4.18 Å². The Labute approximate surface area is 397 Å². The molecule has 0 aromatic heterocycles. The molecule has 1 heterocycles. The maximum absolute atomic E-state index is 13.2. The second-order valence-electron chi connectivity index (χ2n) is 19.3. The summed E-state index contributed by atoms with van der Waals surface area (Å²) in [6, 6.07) is -1.03. The third kappa shape index (κ3) is 34.1. The quantitative estimate of drug-likeness (QED) is 0.0224. The summed E-state index contributed by atoms with van der Waals surface area (Å²) in [6.07, 6.45) is 34.2. The second-order valence-corrected chi connectivity index (χ2v) is 20.4. The summed E-state index contributed by atoms with van der Waals surface area (Å²) in [5, 5.41) is 55.6. The number of rotatable bonds is 47. The van der Waals surface area contributed by atoms with E-state index in [1.54, 1.807) is 0 Å². The molecule has 0 spiro atoms. The zero-order chi connectivity index (χ0) is 47.8. The van der Waals surface area contributed by atoms with Gasteiger partial charge in [-0.3, -0.25) is 9.35 Å². The van der Waals surface area contributed by atoms with E-state index in [2.05, 4.69) is 23.3 Å². The zero-order valence-electron chi connectivity index (χ0n) is 41.4. The molecule has 14 heteroatoms. The van der Waals surface area contributed by atoms with Crippen molar-refractivity contribution in [3.8, 4) is 0 Å². The standard InChI is InChI=1S/C51H101NO12S/c1-3-5-7-9-11-13-15-17-19-21-22-24-25-27-29-31-33-35-37-39-44(54)43(42-62-51-48(57)49(64-65(59,60)61)47(56)46(41-53)63-51)52-50(58)45(55)40-38-36-34-32-30-28-26-23-20-18-16-14-12-10-8-6-4-2/h43-49,51,53-57H,3-42H2,1-2H3,(H,52,58)(H,59,60,61). The summed E-state index contributed by atoms with van der Waals surface area (Å²) in [5.74, 6) is -0.663. The molecular weight excluding hydrogens is 851 g/mol. The minimum absolute atomic E-state index is 0.266. The van der Waals surface area contributed by atoms with Gasteiger partial charge in [-0.1, -0.05) is 245 Å². The Hall–Kier alpha value is -0.940. The van der Waals surface area contributed by atoms with Crippen molar-refractivity contribution in [2.24, 2.45) is 0 Å². The van der Waals surface area contributed by atoms with Crippen LogP contribution in [0.2, 0.25) is 0 Å². The van der Waals surface area contributed by atoms with Crippen molar-refractivity contribution in [3.05, 3.63) is 0 Å². The molecule has 388 valence electrons. The number of hydrogen-bond acceptors (Lipinski definition) is 11. The van der Waals surface area contributed by atoms with Crippen LogP contribution in [0, 0.1) is 0 Å². The molecule has 65 heavy (non-hydrogen) atoms. The molecular formula is C51H101NO12S. The first-order chi connectivity index (χ1) is 31.4. The van der Waals surface area contributed by atoms with Gasteiger partial charge in [0.05, 0.1) is 25.4 Å². The van der Waals surface area contributed by atoms with E-state index in [9.17, 15) is 43.3 Å². The van der Waals surface area contributed by atoms with E-state index in [1.165, 1.54) is 180 Å². The molecule has 0 radical (unpaired) electrons. The summed E-state index contributed by atoms with van der Waals surface area (Å²) in [5.41, 5.74) is 0. The van der Waals surface area contributed by atoms with Gasteiger partial charge in [-0.2, -0.15) is 8.42 Å². The fourth-order valence-electron chi connectivity index (χ4n) is 9.00. The lowest BCUT2D eigenvalue weighted by Crippen LogP contribution is -2.61. The Morgan fingerprint density at radius 2 is 0.892 bits per heavy atom. The molecule has 0 aliphatic carbocycles. The van der Waals surface area contributed by atoms with Crippen molar-refractivity contribution >= 4 is 16.3 Å². The van der Waals surface area contributed by atoms with E-state index in [4.69, 9.17) is 9.47 Å². The van der Waals surface area contributed by atoms with Gasteiger partial charge in [0.2, 0.25) is 5.91 Å². The largest absolute Gasteiger partial charge is 0.397 e. The monoisotopic (exact) mass is 952 g/mol. The summed E-state index contributed by atoms with van der Waals surface area (Å²) >= 11 is 0. The predicted molar refractivity (Wildman–Crippen MR) is 261 cm³/mol. The van der Waals surface area contributed by atoms with E-state index in [1.807, 2.05) is 0 Å². The Bertz CT molecular complexity index is 1180. The van der Waals surface area contributed by atoms with Crippen LogP contribution >= 0.6 is 0 Å². The van der Waals surface area contributed by atoms with Crippen molar-refractivity contribution in [2.45, 2.75) is 307 Å². The molecule has 1 aliphatic rings. The SMILES string of the molecule is CCCCCCCCCCCCCCCCCCCCCC(O)C(COC1OC(CO)C(O)C(OS(=O)(=O)O)C1O)NC(=O)C(O)CCCCCCCCCCCCCCCCCCC. The van der Waals surface area contributed by atoms with Gasteiger partial charge in [0, 0.05) is 0 Å². The molecule has 0 saturated carbocycles. The number of aliphatic hydroxyl groups is 5. The number of amides is 1. The molecule has 13 nitrogen and oxygen atoms in total. The van der Waals surface area contributed by atoms with E-state index < -0.39 is 78.5 Å². The molecule has 0 aromatic rings. The van der Waals surface area contributed by atoms with Crippen molar-refractivity contribution in [1.29, 1.82) is 0 Å². The van der Waals surface area contributed by atoms with E-state index in [0.717, 1.165) is 38.5 Å². The summed E-state index contributed by atoms with van der Waals surface area (Å²) < 4.78 is 47.7. The van der Waals surface area contributed by atoms with Crippen LogP contribution in [0.25, 0.3) is 0 Å². The molecule has 1 aliphatic heterocycles. The summed E-state index contributed by atoms with van der Waals surface area (Å²) in [6.45, 7) is 3.32. The minimum Gasteiger partial charge on any atom is -0.394 e. The Morgan fingerprint density at radius 3 is 1.23 bits per heavy atom. The van der Waals surface area contributed by atoms with Gasteiger partial charge in [-0.05, 0) is 12.8 Å². The first-order valence-corrected chi connectivity index (χ1v) is 28.4. The first kappa shape index (κ1) is 62.1. The van der Waals surface area contributed by atoms with E-state index >= 15 is 0 Å². The number of unbranched alkanes of at least 4 members (excludes halogenated alkanes) is 34. The third-order valence-corrected chi connectivity index (χ3v) is 13.7. The average Bonchev–Trinajstić information content (AvgIpc) is 3.28. The number of ether oxygens (including phenoxy) is 2. The number of aliphatic hydroxyl groups excluding tert-OH is 5. The van der Waals surface area contributed by atoms with Crippen LogP contribution in [0.5, 0.6) is 0 Å². The van der Waals surface area contributed by atoms with Crippen LogP contribution in [0.1, 0.15) is 258 Å². The lowest BCUT2D eigenvalue weighted by atomic mass is 9.99. The zero-order valence-corrected chi connectivity index (χ0v) is 42.3. The molecule has 1 rings (SSSR count).